The van der Waals surface area contributed by atoms with Crippen molar-refractivity contribution in [1.82, 2.24) is 0 Å². The van der Waals surface area contributed by atoms with Crippen molar-refractivity contribution >= 4 is 34.1 Å². The van der Waals surface area contributed by atoms with Gasteiger partial charge in [-0.25, -0.2) is 0 Å². The summed E-state index contributed by atoms with van der Waals surface area (Å²) in [5, 5.41) is 0. The van der Waals surface area contributed by atoms with E-state index in [0.29, 0.717) is 0 Å². The summed E-state index contributed by atoms with van der Waals surface area (Å²) < 4.78 is 6.44. The molecule has 0 unspecified atom stereocenters. The van der Waals surface area contributed by atoms with Crippen LogP contribution in [0.1, 0.15) is 50.3 Å². The molecule has 6 bridgehead atoms. The largest absolute Gasteiger partial charge is 0.492 e. The summed E-state index contributed by atoms with van der Waals surface area (Å²) in [6.07, 6.45) is 4.07. The minimum absolute atomic E-state index is 0.00286. The summed E-state index contributed by atoms with van der Waals surface area (Å²) >= 11 is 0. The van der Waals surface area contributed by atoms with Crippen molar-refractivity contribution in [2.45, 2.75) is 51.9 Å². The van der Waals surface area contributed by atoms with Gasteiger partial charge in [-0.1, -0.05) is 81.4 Å². The molecular weight excluding hydrogens is 512 g/mol. The molecule has 0 amide bonds. The Kier molecular flexibility index (Phi) is 7.75. The van der Waals surface area contributed by atoms with Gasteiger partial charge in [-0.3, -0.25) is 0 Å². The van der Waals surface area contributed by atoms with Crippen LogP contribution < -0.4 is 14.5 Å². The van der Waals surface area contributed by atoms with E-state index in [9.17, 15) is 0 Å². The van der Waals surface area contributed by atoms with Crippen molar-refractivity contribution in [3.05, 3.63) is 138 Å². The van der Waals surface area contributed by atoms with E-state index >= 15 is 0 Å². The minimum Gasteiger partial charge on any atom is -0.492 e. The number of hydrogen-bond donors (Lipinski definition) is 0. The standard InChI is InChI=1S/C39H40N2O/c1-5-39(3,6-2)31-27-36-38(42-4)37(28-31)41(33-15-11-8-12-16-33)35-25-21-30(22-26-35)18-17-29-19-23-34(24-20-29)40(36)32-13-9-7-10-14-32/h7-16,19-28H,5-6,17-18H2,1-4H3. The molecule has 0 spiro atoms. The van der Waals surface area contributed by atoms with Crippen LogP contribution in [-0.2, 0) is 18.3 Å². The molecule has 0 N–H and O–H groups in total. The Morgan fingerprint density at radius 2 is 0.952 bits per heavy atom. The third-order valence-electron chi connectivity index (χ3n) is 9.11. The van der Waals surface area contributed by atoms with Crippen molar-refractivity contribution in [2.75, 3.05) is 16.9 Å². The number of rotatable bonds is 6. The molecule has 0 aliphatic carbocycles. The summed E-state index contributed by atoms with van der Waals surface area (Å²) in [5.74, 6) is 0.837. The van der Waals surface area contributed by atoms with Crippen LogP contribution in [0.4, 0.5) is 34.1 Å². The van der Waals surface area contributed by atoms with Gasteiger partial charge in [-0.05, 0) is 108 Å². The van der Waals surface area contributed by atoms with Gasteiger partial charge < -0.3 is 14.5 Å². The topological polar surface area (TPSA) is 15.7 Å². The second kappa shape index (κ2) is 11.8. The number of para-hydroxylation sites is 2. The lowest BCUT2D eigenvalue weighted by atomic mass is 9.77. The maximum Gasteiger partial charge on any atom is 0.166 e. The first kappa shape index (κ1) is 27.7. The number of ether oxygens (including phenoxy) is 1. The summed E-state index contributed by atoms with van der Waals surface area (Å²) in [4.78, 5) is 4.71. The molecular formula is C39H40N2O. The van der Waals surface area contributed by atoms with Gasteiger partial charge in [-0.15, -0.1) is 0 Å². The van der Waals surface area contributed by atoms with Gasteiger partial charge >= 0.3 is 0 Å². The Bertz CT molecular complexity index is 1510. The number of methoxy groups -OCH3 is 1. The first-order chi connectivity index (χ1) is 20.5. The number of aryl methyl sites for hydroxylation is 2. The quantitative estimate of drug-likeness (QED) is 0.208. The van der Waals surface area contributed by atoms with Gasteiger partial charge in [-0.2, -0.15) is 0 Å². The van der Waals surface area contributed by atoms with Crippen LogP contribution in [-0.4, -0.2) is 7.11 Å². The van der Waals surface area contributed by atoms with E-state index in [1.807, 2.05) is 0 Å². The zero-order chi connectivity index (χ0) is 29.1. The second-order valence-electron chi connectivity index (χ2n) is 11.5. The van der Waals surface area contributed by atoms with Gasteiger partial charge in [0.2, 0.25) is 0 Å². The van der Waals surface area contributed by atoms with Crippen molar-refractivity contribution in [2.24, 2.45) is 0 Å². The van der Waals surface area contributed by atoms with Gasteiger partial charge in [0.25, 0.3) is 0 Å². The molecule has 3 heteroatoms. The van der Waals surface area contributed by atoms with Crippen molar-refractivity contribution in [1.29, 1.82) is 0 Å². The van der Waals surface area contributed by atoms with Crippen LogP contribution in [0, 0.1) is 0 Å². The Morgan fingerprint density at radius 3 is 1.31 bits per heavy atom. The van der Waals surface area contributed by atoms with Gasteiger partial charge in [0, 0.05) is 22.7 Å². The normalized spacial score (nSPS) is 13.1. The molecule has 5 aromatic rings. The lowest BCUT2D eigenvalue weighted by Gasteiger charge is -2.35. The predicted molar refractivity (Wildman–Crippen MR) is 178 cm³/mol. The van der Waals surface area contributed by atoms with E-state index < -0.39 is 0 Å². The molecule has 9 rings (SSSR count). The summed E-state index contributed by atoms with van der Waals surface area (Å²) in [6.45, 7) is 6.97. The van der Waals surface area contributed by atoms with Gasteiger partial charge in [0.15, 0.2) is 5.75 Å². The number of nitrogens with zero attached hydrogens (tertiary/aromatic N) is 2. The summed E-state index contributed by atoms with van der Waals surface area (Å²) in [7, 11) is 1.80. The van der Waals surface area contributed by atoms with Crippen molar-refractivity contribution < 1.29 is 4.74 Å². The maximum atomic E-state index is 6.44. The number of anilines is 6. The molecule has 0 saturated heterocycles. The molecule has 42 heavy (non-hydrogen) atoms. The predicted octanol–water partition coefficient (Wildman–Crippen LogP) is 10.8. The van der Waals surface area contributed by atoms with Crippen LogP contribution in [0.2, 0.25) is 0 Å². The lowest BCUT2D eigenvalue weighted by molar-refractivity contribution is 0.413. The Hall–Kier alpha value is -4.50. The van der Waals surface area contributed by atoms with Crippen molar-refractivity contribution in [3.8, 4) is 5.75 Å². The maximum absolute atomic E-state index is 6.44. The Balaban J connectivity index is 1.74. The van der Waals surface area contributed by atoms with Gasteiger partial charge in [0.05, 0.1) is 18.5 Å². The van der Waals surface area contributed by atoms with E-state index in [0.717, 1.165) is 65.6 Å². The lowest BCUT2D eigenvalue weighted by Crippen LogP contribution is -2.22. The Morgan fingerprint density at radius 1 is 0.571 bits per heavy atom. The monoisotopic (exact) mass is 552 g/mol. The highest BCUT2D eigenvalue weighted by Gasteiger charge is 2.30. The molecule has 4 heterocycles. The molecule has 0 radical (unpaired) electrons. The highest BCUT2D eigenvalue weighted by molar-refractivity contribution is 5.90. The van der Waals surface area contributed by atoms with Crippen LogP contribution in [0.3, 0.4) is 0 Å². The third kappa shape index (κ3) is 5.16. The average Bonchev–Trinajstić information content (AvgIpc) is 3.06. The zero-order valence-electron chi connectivity index (χ0n) is 25.2. The molecule has 4 aliphatic rings. The first-order valence-electron chi connectivity index (χ1n) is 15.2. The van der Waals surface area contributed by atoms with Crippen LogP contribution in [0.25, 0.3) is 0 Å². The van der Waals surface area contributed by atoms with Gasteiger partial charge in [0.1, 0.15) is 0 Å². The van der Waals surface area contributed by atoms with E-state index in [2.05, 4.69) is 152 Å². The smallest absolute Gasteiger partial charge is 0.166 e. The minimum atomic E-state index is -0.00286. The fraction of sp³-hybridized carbons (Fsp3) is 0.231. The van der Waals surface area contributed by atoms with Crippen LogP contribution >= 0.6 is 0 Å². The zero-order valence-corrected chi connectivity index (χ0v) is 25.2. The fourth-order valence-electron chi connectivity index (χ4n) is 6.07. The SMILES string of the molecule is CCC(C)(CC)c1cc2c(OC)c(c1)N(c1ccccc1)c1ccc(cc1)CCc1ccc(cc1)N2c1ccccc1. The molecule has 0 saturated carbocycles. The summed E-state index contributed by atoms with van der Waals surface area (Å²) in [6, 6.07) is 44.1. The first-order valence-corrected chi connectivity index (χ1v) is 15.2. The highest BCUT2D eigenvalue weighted by atomic mass is 16.5. The number of benzene rings is 5. The number of hydrogen-bond acceptors (Lipinski definition) is 3. The molecule has 0 aromatic heterocycles. The summed E-state index contributed by atoms with van der Waals surface area (Å²) in [5.41, 5.74) is 10.5. The fourth-order valence-corrected chi connectivity index (χ4v) is 6.07. The van der Waals surface area contributed by atoms with E-state index in [-0.39, 0.29) is 5.41 Å². The van der Waals surface area contributed by atoms with E-state index in [1.54, 1.807) is 7.11 Å². The molecule has 3 nitrogen and oxygen atoms in total. The van der Waals surface area contributed by atoms with Crippen LogP contribution in [0.5, 0.6) is 5.75 Å². The second-order valence-corrected chi connectivity index (χ2v) is 11.5. The molecule has 4 aliphatic heterocycles. The molecule has 0 atom stereocenters. The molecule has 5 aromatic carbocycles. The van der Waals surface area contributed by atoms with Crippen molar-refractivity contribution in [3.63, 3.8) is 0 Å². The van der Waals surface area contributed by atoms with Crippen LogP contribution in [0.15, 0.2) is 121 Å². The molecule has 0 fully saturated rings. The van der Waals surface area contributed by atoms with E-state index in [4.69, 9.17) is 4.74 Å². The van der Waals surface area contributed by atoms with E-state index in [1.165, 1.54) is 16.7 Å². The molecule has 212 valence electrons. The third-order valence-corrected chi connectivity index (χ3v) is 9.11. The highest BCUT2D eigenvalue weighted by Crippen LogP contribution is 2.51. The Labute approximate surface area is 251 Å². The average molecular weight is 553 g/mol.